The molecule has 1 amide bonds. The van der Waals surface area contributed by atoms with Crippen molar-refractivity contribution in [3.8, 4) is 28.5 Å². The standard InChI is InChI=1S/C21H20N2O6S/c1-26-16-10-18(28-3)17(27-2)9-14(16)20(25)29-11-19(24)23-21-22-15(12-30-21)13-7-5-4-6-8-13/h4-10,12H,11H2,1-3H3,(H,22,23,24). The Labute approximate surface area is 177 Å². The minimum absolute atomic E-state index is 0.114. The molecule has 0 saturated heterocycles. The lowest BCUT2D eigenvalue weighted by Crippen LogP contribution is -2.21. The summed E-state index contributed by atoms with van der Waals surface area (Å²) < 4.78 is 20.7. The third kappa shape index (κ3) is 4.87. The second kappa shape index (κ2) is 9.75. The molecule has 0 radical (unpaired) electrons. The number of nitrogens with one attached hydrogen (secondary N) is 1. The Morgan fingerprint density at radius 1 is 0.967 bits per heavy atom. The Morgan fingerprint density at radius 2 is 1.63 bits per heavy atom. The van der Waals surface area contributed by atoms with Gasteiger partial charge < -0.3 is 18.9 Å². The van der Waals surface area contributed by atoms with Crippen LogP contribution in [0.25, 0.3) is 11.3 Å². The number of hydrogen-bond donors (Lipinski definition) is 1. The number of rotatable bonds is 8. The highest BCUT2D eigenvalue weighted by atomic mass is 32.1. The molecule has 0 atom stereocenters. The van der Waals surface area contributed by atoms with Crippen LogP contribution in [0.3, 0.4) is 0 Å². The largest absolute Gasteiger partial charge is 0.496 e. The van der Waals surface area contributed by atoms with Crippen molar-refractivity contribution in [2.45, 2.75) is 0 Å². The van der Waals surface area contributed by atoms with Crippen molar-refractivity contribution >= 4 is 28.3 Å². The molecule has 2 aromatic carbocycles. The maximum atomic E-state index is 12.4. The zero-order valence-electron chi connectivity index (χ0n) is 16.6. The second-order valence-electron chi connectivity index (χ2n) is 5.94. The summed E-state index contributed by atoms with van der Waals surface area (Å²) in [6.07, 6.45) is 0. The molecule has 1 heterocycles. The van der Waals surface area contributed by atoms with Gasteiger partial charge in [-0.2, -0.15) is 0 Å². The Hall–Kier alpha value is -3.59. The van der Waals surface area contributed by atoms with Crippen LogP contribution >= 0.6 is 11.3 Å². The first-order valence-electron chi connectivity index (χ1n) is 8.83. The predicted molar refractivity (Wildman–Crippen MR) is 113 cm³/mol. The van der Waals surface area contributed by atoms with Gasteiger partial charge in [0.05, 0.1) is 27.0 Å². The minimum atomic E-state index is -0.730. The molecule has 1 aromatic heterocycles. The van der Waals surface area contributed by atoms with Crippen molar-refractivity contribution in [2.24, 2.45) is 0 Å². The Kier molecular flexibility index (Phi) is 6.87. The Morgan fingerprint density at radius 3 is 2.30 bits per heavy atom. The van der Waals surface area contributed by atoms with Crippen molar-refractivity contribution < 1.29 is 28.5 Å². The fourth-order valence-electron chi connectivity index (χ4n) is 2.63. The van der Waals surface area contributed by atoms with Crippen LogP contribution in [0.5, 0.6) is 17.2 Å². The summed E-state index contributed by atoms with van der Waals surface area (Å²) in [5.74, 6) is -0.248. The molecule has 0 aliphatic rings. The second-order valence-corrected chi connectivity index (χ2v) is 6.79. The SMILES string of the molecule is COc1cc(OC)c(C(=O)OCC(=O)Nc2nc(-c3ccccc3)cs2)cc1OC. The smallest absolute Gasteiger partial charge is 0.342 e. The summed E-state index contributed by atoms with van der Waals surface area (Å²) in [6, 6.07) is 12.5. The summed E-state index contributed by atoms with van der Waals surface area (Å²) in [7, 11) is 4.34. The number of carbonyl (C=O) groups is 2. The fraction of sp³-hybridized carbons (Fsp3) is 0.190. The molecule has 30 heavy (non-hydrogen) atoms. The van der Waals surface area contributed by atoms with Crippen molar-refractivity contribution in [1.82, 2.24) is 4.98 Å². The fourth-order valence-corrected chi connectivity index (χ4v) is 3.36. The Balaban J connectivity index is 1.62. The molecule has 0 saturated carbocycles. The molecule has 9 heteroatoms. The predicted octanol–water partition coefficient (Wildman–Crippen LogP) is 3.63. The average Bonchev–Trinajstić information content (AvgIpc) is 3.25. The summed E-state index contributed by atoms with van der Waals surface area (Å²) in [5.41, 5.74) is 1.81. The molecule has 3 rings (SSSR count). The van der Waals surface area contributed by atoms with Gasteiger partial charge in [0.2, 0.25) is 0 Å². The van der Waals surface area contributed by atoms with Crippen molar-refractivity contribution in [3.63, 3.8) is 0 Å². The van der Waals surface area contributed by atoms with Gasteiger partial charge in [0.25, 0.3) is 5.91 Å². The number of benzene rings is 2. The molecule has 0 unspecified atom stereocenters. The molecular formula is C21H20N2O6S. The topological polar surface area (TPSA) is 96.0 Å². The van der Waals surface area contributed by atoms with Crippen LogP contribution in [0.15, 0.2) is 47.8 Å². The molecule has 1 N–H and O–H groups in total. The zero-order valence-corrected chi connectivity index (χ0v) is 17.4. The van der Waals surface area contributed by atoms with Crippen molar-refractivity contribution in [3.05, 3.63) is 53.4 Å². The lowest BCUT2D eigenvalue weighted by molar-refractivity contribution is -0.119. The molecular weight excluding hydrogens is 408 g/mol. The van der Waals surface area contributed by atoms with Gasteiger partial charge in [-0.05, 0) is 0 Å². The average molecular weight is 428 g/mol. The quantitative estimate of drug-likeness (QED) is 0.547. The number of esters is 1. The zero-order chi connectivity index (χ0) is 21.5. The number of amides is 1. The van der Waals surface area contributed by atoms with E-state index in [-0.39, 0.29) is 11.3 Å². The van der Waals surface area contributed by atoms with Gasteiger partial charge >= 0.3 is 5.97 Å². The van der Waals surface area contributed by atoms with Gasteiger partial charge in [0.15, 0.2) is 23.2 Å². The molecule has 0 aliphatic carbocycles. The Bertz CT molecular complexity index is 1040. The maximum Gasteiger partial charge on any atom is 0.342 e. The van der Waals surface area contributed by atoms with Crippen molar-refractivity contribution in [1.29, 1.82) is 0 Å². The molecule has 0 fully saturated rings. The van der Waals surface area contributed by atoms with Gasteiger partial charge in [-0.1, -0.05) is 30.3 Å². The number of hydrogen-bond acceptors (Lipinski definition) is 8. The van der Waals surface area contributed by atoms with Crippen LogP contribution in [0.2, 0.25) is 0 Å². The first-order valence-corrected chi connectivity index (χ1v) is 9.71. The highest BCUT2D eigenvalue weighted by molar-refractivity contribution is 7.14. The van der Waals surface area contributed by atoms with Crippen molar-refractivity contribution in [2.75, 3.05) is 33.3 Å². The minimum Gasteiger partial charge on any atom is -0.496 e. The van der Waals surface area contributed by atoms with Crippen LogP contribution < -0.4 is 19.5 Å². The van der Waals surface area contributed by atoms with Gasteiger partial charge in [0, 0.05) is 23.1 Å². The number of aromatic nitrogens is 1. The first kappa shape index (κ1) is 21.1. The monoisotopic (exact) mass is 428 g/mol. The van der Waals surface area contributed by atoms with E-state index in [0.29, 0.717) is 16.6 Å². The molecule has 0 aliphatic heterocycles. The summed E-state index contributed by atoms with van der Waals surface area (Å²) >= 11 is 1.28. The molecule has 0 bridgehead atoms. The van der Waals surface area contributed by atoms with E-state index < -0.39 is 18.5 Å². The van der Waals surface area contributed by atoms with E-state index in [1.165, 1.54) is 44.8 Å². The van der Waals surface area contributed by atoms with Crippen LogP contribution in [-0.4, -0.2) is 44.8 Å². The number of thiazole rings is 1. The number of ether oxygens (including phenoxy) is 4. The summed E-state index contributed by atoms with van der Waals surface area (Å²) in [5, 5.41) is 4.88. The third-order valence-corrected chi connectivity index (χ3v) is 4.84. The van der Waals surface area contributed by atoms with E-state index in [0.717, 1.165) is 11.3 Å². The highest BCUT2D eigenvalue weighted by Crippen LogP contribution is 2.35. The van der Waals surface area contributed by atoms with E-state index in [2.05, 4.69) is 10.3 Å². The molecule has 8 nitrogen and oxygen atoms in total. The summed E-state index contributed by atoms with van der Waals surface area (Å²) in [6.45, 7) is -0.476. The molecule has 156 valence electrons. The van der Waals surface area contributed by atoms with Gasteiger partial charge in [-0.3, -0.25) is 10.1 Å². The number of carbonyl (C=O) groups excluding carboxylic acids is 2. The van der Waals surface area contributed by atoms with E-state index in [1.54, 1.807) is 0 Å². The first-order chi connectivity index (χ1) is 14.5. The van der Waals surface area contributed by atoms with E-state index in [9.17, 15) is 9.59 Å². The normalized spacial score (nSPS) is 10.2. The summed E-state index contributed by atoms with van der Waals surface area (Å²) in [4.78, 5) is 29.0. The van der Waals surface area contributed by atoms with E-state index in [4.69, 9.17) is 18.9 Å². The van der Waals surface area contributed by atoms with Crippen LogP contribution in [0.1, 0.15) is 10.4 Å². The highest BCUT2D eigenvalue weighted by Gasteiger charge is 2.20. The number of methoxy groups -OCH3 is 3. The number of anilines is 1. The van der Waals surface area contributed by atoms with Crippen LogP contribution in [0, 0.1) is 0 Å². The van der Waals surface area contributed by atoms with Gasteiger partial charge in [-0.25, -0.2) is 9.78 Å². The molecule has 3 aromatic rings. The maximum absolute atomic E-state index is 12.4. The third-order valence-electron chi connectivity index (χ3n) is 4.08. The van der Waals surface area contributed by atoms with Crippen LogP contribution in [-0.2, 0) is 9.53 Å². The van der Waals surface area contributed by atoms with E-state index >= 15 is 0 Å². The lowest BCUT2D eigenvalue weighted by Gasteiger charge is -2.13. The molecule has 0 spiro atoms. The van der Waals surface area contributed by atoms with Gasteiger partial charge in [-0.15, -0.1) is 11.3 Å². The van der Waals surface area contributed by atoms with E-state index in [1.807, 2.05) is 35.7 Å². The number of nitrogens with zero attached hydrogens (tertiary/aromatic N) is 1. The lowest BCUT2D eigenvalue weighted by atomic mass is 10.1. The van der Waals surface area contributed by atoms with Gasteiger partial charge in [0.1, 0.15) is 11.3 Å². The van der Waals surface area contributed by atoms with Crippen LogP contribution in [0.4, 0.5) is 5.13 Å².